The van der Waals surface area contributed by atoms with Gasteiger partial charge >= 0.3 is 5.97 Å². The third-order valence-electron chi connectivity index (χ3n) is 3.00. The number of hydrogen-bond acceptors (Lipinski definition) is 3. The standard InChI is InChI=1S/C17H22ClNO3/c1-13(2)12-19(11-10-17(21)22-3)16(20)9-6-14-4-7-15(18)8-5-14/h4-9,13H,10-12H2,1-3H3/b9-6+. The van der Waals surface area contributed by atoms with Gasteiger partial charge in [-0.3, -0.25) is 9.59 Å². The number of benzene rings is 1. The summed E-state index contributed by atoms with van der Waals surface area (Å²) in [7, 11) is 1.34. The van der Waals surface area contributed by atoms with E-state index in [2.05, 4.69) is 4.74 Å². The summed E-state index contributed by atoms with van der Waals surface area (Å²) in [4.78, 5) is 25.2. The van der Waals surface area contributed by atoms with Crippen LogP contribution in [0, 0.1) is 5.92 Å². The van der Waals surface area contributed by atoms with Crippen molar-refractivity contribution in [2.24, 2.45) is 5.92 Å². The second-order valence-electron chi connectivity index (χ2n) is 5.39. The number of esters is 1. The van der Waals surface area contributed by atoms with E-state index in [1.807, 2.05) is 26.0 Å². The lowest BCUT2D eigenvalue weighted by molar-refractivity contribution is -0.141. The van der Waals surface area contributed by atoms with Crippen molar-refractivity contribution >= 4 is 29.6 Å². The van der Waals surface area contributed by atoms with E-state index in [0.717, 1.165) is 5.56 Å². The Morgan fingerprint density at radius 1 is 1.27 bits per heavy atom. The van der Waals surface area contributed by atoms with Gasteiger partial charge in [-0.05, 0) is 29.7 Å². The van der Waals surface area contributed by atoms with Crippen LogP contribution in [0.15, 0.2) is 30.3 Å². The summed E-state index contributed by atoms with van der Waals surface area (Å²) < 4.78 is 4.62. The molecule has 120 valence electrons. The van der Waals surface area contributed by atoms with Crippen molar-refractivity contribution in [2.75, 3.05) is 20.2 Å². The van der Waals surface area contributed by atoms with Gasteiger partial charge in [0.1, 0.15) is 0 Å². The van der Waals surface area contributed by atoms with Gasteiger partial charge in [0.25, 0.3) is 0 Å². The number of rotatable bonds is 7. The monoisotopic (exact) mass is 323 g/mol. The highest BCUT2D eigenvalue weighted by molar-refractivity contribution is 6.30. The molecule has 4 nitrogen and oxygen atoms in total. The molecule has 1 aromatic carbocycles. The van der Waals surface area contributed by atoms with Crippen LogP contribution in [0.5, 0.6) is 0 Å². The van der Waals surface area contributed by atoms with Gasteiger partial charge in [0.05, 0.1) is 13.5 Å². The van der Waals surface area contributed by atoms with E-state index in [9.17, 15) is 9.59 Å². The minimum Gasteiger partial charge on any atom is -0.469 e. The average Bonchev–Trinajstić information content (AvgIpc) is 2.49. The smallest absolute Gasteiger partial charge is 0.307 e. The van der Waals surface area contributed by atoms with Gasteiger partial charge in [0.2, 0.25) is 5.91 Å². The summed E-state index contributed by atoms with van der Waals surface area (Å²) in [5.74, 6) is -0.110. The first kappa shape index (κ1) is 18.2. The van der Waals surface area contributed by atoms with Gasteiger partial charge in [-0.2, -0.15) is 0 Å². The molecule has 0 aliphatic carbocycles. The molecule has 0 unspecified atom stereocenters. The summed E-state index contributed by atoms with van der Waals surface area (Å²) in [6, 6.07) is 7.23. The maximum Gasteiger partial charge on any atom is 0.307 e. The van der Waals surface area contributed by atoms with Gasteiger partial charge in [-0.25, -0.2) is 0 Å². The minimum absolute atomic E-state index is 0.118. The van der Waals surface area contributed by atoms with Crippen LogP contribution in [-0.2, 0) is 14.3 Å². The summed E-state index contributed by atoms with van der Waals surface area (Å²) in [6.45, 7) is 5.01. The molecule has 0 aliphatic rings. The molecule has 0 aliphatic heterocycles. The van der Waals surface area contributed by atoms with Gasteiger partial charge in [-0.15, -0.1) is 0 Å². The molecule has 0 radical (unpaired) electrons. The Morgan fingerprint density at radius 3 is 2.45 bits per heavy atom. The zero-order valence-corrected chi connectivity index (χ0v) is 14.0. The number of carbonyl (C=O) groups is 2. The van der Waals surface area contributed by atoms with Gasteiger partial charge in [0.15, 0.2) is 0 Å². The zero-order chi connectivity index (χ0) is 16.5. The van der Waals surface area contributed by atoms with E-state index in [4.69, 9.17) is 11.6 Å². The number of hydrogen-bond donors (Lipinski definition) is 0. The van der Waals surface area contributed by atoms with Gasteiger partial charge in [-0.1, -0.05) is 37.6 Å². The SMILES string of the molecule is COC(=O)CCN(CC(C)C)C(=O)/C=C/c1ccc(Cl)cc1. The molecule has 0 fully saturated rings. The van der Waals surface area contributed by atoms with Crippen molar-refractivity contribution in [3.63, 3.8) is 0 Å². The summed E-state index contributed by atoms with van der Waals surface area (Å²) in [5, 5.41) is 0.656. The molecule has 0 atom stereocenters. The van der Waals surface area contributed by atoms with E-state index in [1.54, 1.807) is 23.1 Å². The highest BCUT2D eigenvalue weighted by atomic mass is 35.5. The van der Waals surface area contributed by atoms with Crippen LogP contribution in [0.1, 0.15) is 25.8 Å². The molecule has 0 spiro atoms. The van der Waals surface area contributed by atoms with Crippen molar-refractivity contribution in [1.29, 1.82) is 0 Å². The molecule has 0 saturated heterocycles. The molecular weight excluding hydrogens is 302 g/mol. The first-order chi connectivity index (χ1) is 10.4. The Labute approximate surface area is 136 Å². The predicted octanol–water partition coefficient (Wildman–Crippen LogP) is 3.40. The fourth-order valence-corrected chi connectivity index (χ4v) is 2.03. The fraction of sp³-hybridized carbons (Fsp3) is 0.412. The molecule has 0 bridgehead atoms. The molecular formula is C17H22ClNO3. The van der Waals surface area contributed by atoms with Gasteiger partial charge in [0, 0.05) is 24.2 Å². The molecule has 0 heterocycles. The fourth-order valence-electron chi connectivity index (χ4n) is 1.91. The van der Waals surface area contributed by atoms with E-state index < -0.39 is 0 Å². The third-order valence-corrected chi connectivity index (χ3v) is 3.25. The van der Waals surface area contributed by atoms with Crippen molar-refractivity contribution in [3.8, 4) is 0 Å². The Balaban J connectivity index is 2.69. The maximum absolute atomic E-state index is 12.3. The third kappa shape index (κ3) is 6.76. The maximum atomic E-state index is 12.3. The summed E-state index contributed by atoms with van der Waals surface area (Å²) in [6.07, 6.45) is 3.46. The van der Waals surface area contributed by atoms with Crippen LogP contribution in [0.25, 0.3) is 6.08 Å². The van der Waals surface area contributed by atoms with E-state index in [-0.39, 0.29) is 18.3 Å². The van der Waals surface area contributed by atoms with E-state index in [1.165, 1.54) is 13.2 Å². The number of amides is 1. The van der Waals surface area contributed by atoms with E-state index in [0.29, 0.717) is 24.0 Å². The van der Waals surface area contributed by atoms with Crippen molar-refractivity contribution < 1.29 is 14.3 Å². The lowest BCUT2D eigenvalue weighted by Gasteiger charge is -2.22. The highest BCUT2D eigenvalue weighted by Crippen LogP contribution is 2.11. The summed E-state index contributed by atoms with van der Waals surface area (Å²) in [5.41, 5.74) is 0.898. The van der Waals surface area contributed by atoms with Crippen molar-refractivity contribution in [1.82, 2.24) is 4.90 Å². The Kier molecular flexibility index (Phi) is 7.67. The average molecular weight is 324 g/mol. The minimum atomic E-state index is -0.316. The quantitative estimate of drug-likeness (QED) is 0.570. The molecule has 0 N–H and O–H groups in total. The Hall–Kier alpha value is -1.81. The number of ether oxygens (including phenoxy) is 1. The Morgan fingerprint density at radius 2 is 1.91 bits per heavy atom. The molecule has 0 saturated carbocycles. The largest absolute Gasteiger partial charge is 0.469 e. The van der Waals surface area contributed by atoms with Crippen LogP contribution >= 0.6 is 11.6 Å². The second-order valence-corrected chi connectivity index (χ2v) is 5.83. The zero-order valence-electron chi connectivity index (χ0n) is 13.2. The Bertz CT molecular complexity index is 523. The van der Waals surface area contributed by atoms with E-state index >= 15 is 0 Å². The van der Waals surface area contributed by atoms with Crippen molar-refractivity contribution in [3.05, 3.63) is 40.9 Å². The molecule has 1 aromatic rings. The summed E-state index contributed by atoms with van der Waals surface area (Å²) >= 11 is 5.82. The first-order valence-corrected chi connectivity index (χ1v) is 7.59. The predicted molar refractivity (Wildman–Crippen MR) is 88.5 cm³/mol. The second kappa shape index (κ2) is 9.26. The molecule has 1 rings (SSSR count). The molecule has 22 heavy (non-hydrogen) atoms. The van der Waals surface area contributed by atoms with Crippen LogP contribution in [-0.4, -0.2) is 37.0 Å². The lowest BCUT2D eigenvalue weighted by atomic mass is 10.2. The molecule has 0 aromatic heterocycles. The lowest BCUT2D eigenvalue weighted by Crippen LogP contribution is -2.34. The van der Waals surface area contributed by atoms with Crippen LogP contribution < -0.4 is 0 Å². The van der Waals surface area contributed by atoms with Crippen molar-refractivity contribution in [2.45, 2.75) is 20.3 Å². The highest BCUT2D eigenvalue weighted by Gasteiger charge is 2.14. The number of nitrogens with zero attached hydrogens (tertiary/aromatic N) is 1. The van der Waals surface area contributed by atoms with Crippen LogP contribution in [0.3, 0.4) is 0 Å². The van der Waals surface area contributed by atoms with Crippen LogP contribution in [0.2, 0.25) is 5.02 Å². The molecule has 5 heteroatoms. The van der Waals surface area contributed by atoms with Gasteiger partial charge < -0.3 is 9.64 Å². The number of carbonyl (C=O) groups excluding carboxylic acids is 2. The topological polar surface area (TPSA) is 46.6 Å². The van der Waals surface area contributed by atoms with Crippen LogP contribution in [0.4, 0.5) is 0 Å². The number of halogens is 1. The molecule has 1 amide bonds. The normalized spacial score (nSPS) is 11.0. The first-order valence-electron chi connectivity index (χ1n) is 7.21. The number of methoxy groups -OCH3 is 1.